The summed E-state index contributed by atoms with van der Waals surface area (Å²) in [5.74, 6) is -0.266. The molecule has 1 aliphatic heterocycles. The van der Waals surface area contributed by atoms with Gasteiger partial charge in [-0.25, -0.2) is 4.39 Å². The van der Waals surface area contributed by atoms with Gasteiger partial charge in [0.15, 0.2) is 0 Å². The Labute approximate surface area is 109 Å². The molecule has 2 rings (SSSR count). The van der Waals surface area contributed by atoms with Crippen LogP contribution in [0, 0.1) is 5.82 Å². The molecule has 2 N–H and O–H groups in total. The van der Waals surface area contributed by atoms with Crippen LogP contribution in [0.4, 0.5) is 4.39 Å². The predicted molar refractivity (Wildman–Crippen MR) is 69.5 cm³/mol. The van der Waals surface area contributed by atoms with Gasteiger partial charge >= 0.3 is 0 Å². The summed E-state index contributed by atoms with van der Waals surface area (Å²) in [6, 6.07) is 4.91. The van der Waals surface area contributed by atoms with Crippen LogP contribution in [0.2, 0.25) is 0 Å². The van der Waals surface area contributed by atoms with E-state index in [9.17, 15) is 9.50 Å². The Kier molecular flexibility index (Phi) is 4.54. The van der Waals surface area contributed by atoms with Crippen molar-refractivity contribution >= 4 is 15.9 Å². The van der Waals surface area contributed by atoms with Gasteiger partial charge in [-0.3, -0.25) is 0 Å². The minimum absolute atomic E-state index is 0.144. The number of piperidine rings is 1. The lowest BCUT2D eigenvalue weighted by molar-refractivity contribution is 0.113. The Bertz CT molecular complexity index is 359. The average Bonchev–Trinajstić information content (AvgIpc) is 2.28. The molecular formula is C13H17BrFNO. The molecule has 0 spiro atoms. The molecule has 1 heterocycles. The van der Waals surface area contributed by atoms with E-state index in [-0.39, 0.29) is 11.9 Å². The van der Waals surface area contributed by atoms with E-state index >= 15 is 0 Å². The number of rotatable bonds is 3. The van der Waals surface area contributed by atoms with Crippen LogP contribution in [0.5, 0.6) is 0 Å². The fraction of sp³-hybridized carbons (Fsp3) is 0.538. The van der Waals surface area contributed by atoms with E-state index < -0.39 is 6.10 Å². The fourth-order valence-electron chi connectivity index (χ4n) is 2.32. The average molecular weight is 302 g/mol. The molecule has 0 aromatic heterocycles. The first kappa shape index (κ1) is 13.0. The highest BCUT2D eigenvalue weighted by Gasteiger charge is 2.21. The molecule has 1 saturated heterocycles. The topological polar surface area (TPSA) is 32.3 Å². The van der Waals surface area contributed by atoms with Crippen molar-refractivity contribution in [3.63, 3.8) is 0 Å². The maximum absolute atomic E-state index is 13.2. The SMILES string of the molecule is OC(Cc1cc(F)cc(Br)c1)C1CCCCN1. The molecule has 0 saturated carbocycles. The number of nitrogens with one attached hydrogen (secondary N) is 1. The number of aliphatic hydroxyl groups excluding tert-OH is 1. The molecule has 0 aliphatic carbocycles. The van der Waals surface area contributed by atoms with Crippen molar-refractivity contribution in [2.45, 2.75) is 37.8 Å². The van der Waals surface area contributed by atoms with Gasteiger partial charge < -0.3 is 10.4 Å². The zero-order chi connectivity index (χ0) is 12.3. The second kappa shape index (κ2) is 5.94. The van der Waals surface area contributed by atoms with Crippen LogP contribution in [-0.4, -0.2) is 23.8 Å². The normalized spacial score (nSPS) is 22.4. The molecule has 2 nitrogen and oxygen atoms in total. The Balaban J connectivity index is 1.99. The molecule has 0 bridgehead atoms. The molecule has 1 aliphatic rings. The van der Waals surface area contributed by atoms with Crippen molar-refractivity contribution in [3.05, 3.63) is 34.1 Å². The third-order valence-corrected chi connectivity index (χ3v) is 3.64. The smallest absolute Gasteiger partial charge is 0.124 e. The molecule has 2 atom stereocenters. The first-order valence-electron chi connectivity index (χ1n) is 6.01. The van der Waals surface area contributed by atoms with Gasteiger partial charge in [0, 0.05) is 16.9 Å². The van der Waals surface area contributed by atoms with Gasteiger partial charge in [0.05, 0.1) is 6.10 Å². The van der Waals surface area contributed by atoms with Crippen LogP contribution in [0.25, 0.3) is 0 Å². The minimum atomic E-state index is -0.441. The summed E-state index contributed by atoms with van der Waals surface area (Å²) >= 11 is 3.26. The van der Waals surface area contributed by atoms with Crippen LogP contribution in [0.1, 0.15) is 24.8 Å². The van der Waals surface area contributed by atoms with E-state index in [4.69, 9.17) is 0 Å². The lowest BCUT2D eigenvalue weighted by Crippen LogP contribution is -2.44. The molecule has 4 heteroatoms. The van der Waals surface area contributed by atoms with Gasteiger partial charge in [0.1, 0.15) is 5.82 Å². The van der Waals surface area contributed by atoms with E-state index in [1.807, 2.05) is 6.07 Å². The number of hydrogen-bond acceptors (Lipinski definition) is 2. The second-order valence-corrected chi connectivity index (χ2v) is 5.52. The molecule has 0 radical (unpaired) electrons. The summed E-state index contributed by atoms with van der Waals surface area (Å²) in [5, 5.41) is 13.4. The van der Waals surface area contributed by atoms with Crippen molar-refractivity contribution in [2.75, 3.05) is 6.54 Å². The van der Waals surface area contributed by atoms with Gasteiger partial charge in [-0.15, -0.1) is 0 Å². The summed E-state index contributed by atoms with van der Waals surface area (Å²) in [5.41, 5.74) is 0.830. The van der Waals surface area contributed by atoms with E-state index in [1.165, 1.54) is 18.6 Å². The zero-order valence-electron chi connectivity index (χ0n) is 9.63. The summed E-state index contributed by atoms with van der Waals surface area (Å²) in [7, 11) is 0. The van der Waals surface area contributed by atoms with Crippen molar-refractivity contribution < 1.29 is 9.50 Å². The summed E-state index contributed by atoms with van der Waals surface area (Å²) in [4.78, 5) is 0. The summed E-state index contributed by atoms with van der Waals surface area (Å²) in [6.45, 7) is 0.967. The zero-order valence-corrected chi connectivity index (χ0v) is 11.2. The first-order valence-corrected chi connectivity index (χ1v) is 6.81. The van der Waals surface area contributed by atoms with Crippen LogP contribution < -0.4 is 5.32 Å². The fourth-order valence-corrected chi connectivity index (χ4v) is 2.83. The van der Waals surface area contributed by atoms with Gasteiger partial charge in [0.2, 0.25) is 0 Å². The van der Waals surface area contributed by atoms with E-state index in [1.54, 1.807) is 0 Å². The van der Waals surface area contributed by atoms with E-state index in [0.717, 1.165) is 29.4 Å². The van der Waals surface area contributed by atoms with Crippen molar-refractivity contribution in [3.8, 4) is 0 Å². The number of hydrogen-bond donors (Lipinski definition) is 2. The highest BCUT2D eigenvalue weighted by atomic mass is 79.9. The van der Waals surface area contributed by atoms with Crippen molar-refractivity contribution in [1.29, 1.82) is 0 Å². The van der Waals surface area contributed by atoms with Gasteiger partial charge in [-0.05, 0) is 43.1 Å². The summed E-state index contributed by atoms with van der Waals surface area (Å²) < 4.78 is 13.9. The Hall–Kier alpha value is -0.450. The lowest BCUT2D eigenvalue weighted by atomic mass is 9.95. The number of aliphatic hydroxyl groups is 1. The van der Waals surface area contributed by atoms with Gasteiger partial charge in [-0.1, -0.05) is 22.4 Å². The van der Waals surface area contributed by atoms with E-state index in [0.29, 0.717) is 6.42 Å². The Morgan fingerprint density at radius 2 is 2.24 bits per heavy atom. The maximum Gasteiger partial charge on any atom is 0.124 e. The highest BCUT2D eigenvalue weighted by Crippen LogP contribution is 2.18. The maximum atomic E-state index is 13.2. The molecule has 1 fully saturated rings. The summed E-state index contributed by atoms with van der Waals surface area (Å²) in [6.07, 6.45) is 3.38. The third-order valence-electron chi connectivity index (χ3n) is 3.18. The highest BCUT2D eigenvalue weighted by molar-refractivity contribution is 9.10. The molecule has 1 aromatic carbocycles. The van der Waals surface area contributed by atoms with Crippen LogP contribution >= 0.6 is 15.9 Å². The van der Waals surface area contributed by atoms with E-state index in [2.05, 4.69) is 21.2 Å². The van der Waals surface area contributed by atoms with Crippen molar-refractivity contribution in [2.24, 2.45) is 0 Å². The Morgan fingerprint density at radius 3 is 2.88 bits per heavy atom. The van der Waals surface area contributed by atoms with Crippen molar-refractivity contribution in [1.82, 2.24) is 5.32 Å². The predicted octanol–water partition coefficient (Wildman–Crippen LogP) is 2.63. The quantitative estimate of drug-likeness (QED) is 0.899. The first-order chi connectivity index (χ1) is 8.15. The largest absolute Gasteiger partial charge is 0.391 e. The standard InChI is InChI=1S/C13H17BrFNO/c14-10-5-9(6-11(15)8-10)7-13(17)12-3-1-2-4-16-12/h5-6,8,12-13,16-17H,1-4,7H2. The third kappa shape index (κ3) is 3.76. The van der Waals surface area contributed by atoms with Crippen LogP contribution in [-0.2, 0) is 6.42 Å². The molecule has 2 unspecified atom stereocenters. The second-order valence-electron chi connectivity index (χ2n) is 4.61. The lowest BCUT2D eigenvalue weighted by Gasteiger charge is -2.28. The molecule has 1 aromatic rings. The monoisotopic (exact) mass is 301 g/mol. The van der Waals surface area contributed by atoms with Crippen LogP contribution in [0.3, 0.4) is 0 Å². The molecular weight excluding hydrogens is 285 g/mol. The van der Waals surface area contributed by atoms with Crippen LogP contribution in [0.15, 0.2) is 22.7 Å². The van der Waals surface area contributed by atoms with Gasteiger partial charge in [0.25, 0.3) is 0 Å². The number of halogens is 2. The minimum Gasteiger partial charge on any atom is -0.391 e. The molecule has 17 heavy (non-hydrogen) atoms. The number of benzene rings is 1. The molecule has 94 valence electrons. The molecule has 0 amide bonds. The van der Waals surface area contributed by atoms with Gasteiger partial charge in [-0.2, -0.15) is 0 Å². The Morgan fingerprint density at radius 1 is 1.41 bits per heavy atom.